The molecule has 2 aliphatic rings. The van der Waals surface area contributed by atoms with Crippen LogP contribution < -0.4 is 4.90 Å². The molecule has 0 radical (unpaired) electrons. The van der Waals surface area contributed by atoms with Crippen molar-refractivity contribution in [3.63, 3.8) is 0 Å². The van der Waals surface area contributed by atoms with Crippen LogP contribution in [0.4, 0.5) is 11.6 Å². The zero-order valence-electron chi connectivity index (χ0n) is 11.1. The van der Waals surface area contributed by atoms with Gasteiger partial charge in [0.2, 0.25) is 11.6 Å². The number of aliphatic hydroxyl groups excluding tert-OH is 1. The topological polar surface area (TPSA) is 84.4 Å². The van der Waals surface area contributed by atoms with Gasteiger partial charge in [0, 0.05) is 33.0 Å². The molecule has 7 heteroatoms. The van der Waals surface area contributed by atoms with Gasteiger partial charge in [-0.1, -0.05) is 0 Å². The van der Waals surface area contributed by atoms with E-state index in [4.69, 9.17) is 0 Å². The number of hydrogen-bond acceptors (Lipinski definition) is 5. The van der Waals surface area contributed by atoms with Gasteiger partial charge in [0.1, 0.15) is 0 Å². The molecule has 3 rings (SSSR count). The van der Waals surface area contributed by atoms with E-state index in [-0.39, 0.29) is 17.8 Å². The van der Waals surface area contributed by atoms with Crippen LogP contribution in [0.5, 0.6) is 0 Å². The first-order valence-corrected chi connectivity index (χ1v) is 6.59. The molecule has 0 spiro atoms. The van der Waals surface area contributed by atoms with Crippen molar-refractivity contribution in [3.8, 4) is 0 Å². The number of nitro groups is 1. The van der Waals surface area contributed by atoms with Gasteiger partial charge in [0.25, 0.3) is 0 Å². The van der Waals surface area contributed by atoms with Crippen molar-refractivity contribution in [2.24, 2.45) is 18.9 Å². The molecule has 1 aromatic rings. The number of nitrogens with zero attached hydrogens (tertiary/aromatic N) is 4. The summed E-state index contributed by atoms with van der Waals surface area (Å²) in [5.41, 5.74) is 0. The fourth-order valence-corrected chi connectivity index (χ4v) is 3.47. The van der Waals surface area contributed by atoms with Crippen molar-refractivity contribution in [3.05, 3.63) is 15.9 Å². The summed E-state index contributed by atoms with van der Waals surface area (Å²) in [4.78, 5) is 16.7. The number of anilines is 1. The summed E-state index contributed by atoms with van der Waals surface area (Å²) >= 11 is 0. The molecule has 1 aromatic heterocycles. The van der Waals surface area contributed by atoms with Crippen LogP contribution in [0.1, 0.15) is 18.7 Å². The SMILES string of the molecule is Cc1nc([N+](=O)[O-])c(N2CC3CCC(O)C3C2)n1C. The summed E-state index contributed by atoms with van der Waals surface area (Å²) in [6.07, 6.45) is 1.60. The van der Waals surface area contributed by atoms with Crippen molar-refractivity contribution >= 4 is 11.6 Å². The highest BCUT2D eigenvalue weighted by atomic mass is 16.6. The molecule has 1 aliphatic heterocycles. The minimum Gasteiger partial charge on any atom is -0.393 e. The highest BCUT2D eigenvalue weighted by Gasteiger charge is 2.44. The van der Waals surface area contributed by atoms with Crippen LogP contribution in [-0.2, 0) is 7.05 Å². The highest BCUT2D eigenvalue weighted by molar-refractivity contribution is 5.56. The number of aryl methyl sites for hydroxylation is 1. The van der Waals surface area contributed by atoms with E-state index in [9.17, 15) is 15.2 Å². The number of aliphatic hydroxyl groups is 1. The van der Waals surface area contributed by atoms with Crippen LogP contribution in [0.15, 0.2) is 0 Å². The lowest BCUT2D eigenvalue weighted by Crippen LogP contribution is -2.26. The lowest BCUT2D eigenvalue weighted by atomic mass is 10.00. The van der Waals surface area contributed by atoms with Gasteiger partial charge in [-0.05, 0) is 28.7 Å². The van der Waals surface area contributed by atoms with E-state index in [0.29, 0.717) is 24.1 Å². The van der Waals surface area contributed by atoms with Crippen LogP contribution in [0.2, 0.25) is 0 Å². The molecule has 19 heavy (non-hydrogen) atoms. The van der Waals surface area contributed by atoms with Gasteiger partial charge in [-0.2, -0.15) is 0 Å². The fraction of sp³-hybridized carbons (Fsp3) is 0.750. The second-order valence-electron chi connectivity index (χ2n) is 5.60. The fourth-order valence-electron chi connectivity index (χ4n) is 3.47. The van der Waals surface area contributed by atoms with E-state index in [1.165, 1.54) is 0 Å². The smallest absolute Gasteiger partial charge is 0.393 e. The number of imidazole rings is 1. The Hall–Kier alpha value is -1.63. The van der Waals surface area contributed by atoms with Crippen LogP contribution in [-0.4, -0.2) is 38.8 Å². The Bertz CT molecular complexity index is 527. The summed E-state index contributed by atoms with van der Waals surface area (Å²) in [5, 5.41) is 21.0. The standard InChI is InChI=1S/C12H18N4O3/c1-7-13-11(16(18)19)12(14(7)2)15-5-8-3-4-10(17)9(8)6-15/h8-10,17H,3-6H2,1-2H3. The van der Waals surface area contributed by atoms with Gasteiger partial charge in [0.05, 0.1) is 6.10 Å². The molecule has 1 aliphatic carbocycles. The number of aromatic nitrogens is 2. The average molecular weight is 266 g/mol. The molecule has 1 saturated heterocycles. The minimum absolute atomic E-state index is 0.0746. The van der Waals surface area contributed by atoms with E-state index in [1.807, 2.05) is 4.90 Å². The molecule has 0 amide bonds. The van der Waals surface area contributed by atoms with Crippen molar-refractivity contribution in [2.45, 2.75) is 25.9 Å². The van der Waals surface area contributed by atoms with Crippen molar-refractivity contribution in [2.75, 3.05) is 18.0 Å². The summed E-state index contributed by atoms with van der Waals surface area (Å²) in [6, 6.07) is 0. The third-order valence-electron chi connectivity index (χ3n) is 4.56. The third-order valence-corrected chi connectivity index (χ3v) is 4.56. The lowest BCUT2D eigenvalue weighted by Gasteiger charge is -2.19. The first kappa shape index (κ1) is 12.4. The molecule has 7 nitrogen and oxygen atoms in total. The normalized spacial score (nSPS) is 29.8. The zero-order chi connectivity index (χ0) is 13.7. The summed E-state index contributed by atoms with van der Waals surface area (Å²) in [6.45, 7) is 3.23. The van der Waals surface area contributed by atoms with E-state index in [0.717, 1.165) is 19.4 Å². The monoisotopic (exact) mass is 266 g/mol. The second-order valence-corrected chi connectivity index (χ2v) is 5.60. The van der Waals surface area contributed by atoms with Gasteiger partial charge in [-0.25, -0.2) is 0 Å². The molecule has 0 bridgehead atoms. The van der Waals surface area contributed by atoms with Gasteiger partial charge in [0.15, 0.2) is 0 Å². The predicted octanol–water partition coefficient (Wildman–Crippen LogP) is 0.844. The van der Waals surface area contributed by atoms with Gasteiger partial charge in [-0.15, -0.1) is 0 Å². The largest absolute Gasteiger partial charge is 0.406 e. The Morgan fingerprint density at radius 2 is 2.16 bits per heavy atom. The van der Waals surface area contributed by atoms with E-state index >= 15 is 0 Å². The van der Waals surface area contributed by atoms with Crippen LogP contribution >= 0.6 is 0 Å². The predicted molar refractivity (Wildman–Crippen MR) is 69.0 cm³/mol. The number of rotatable bonds is 2. The Morgan fingerprint density at radius 1 is 1.42 bits per heavy atom. The number of fused-ring (bicyclic) bond motifs is 1. The lowest BCUT2D eigenvalue weighted by molar-refractivity contribution is -0.388. The molecule has 1 saturated carbocycles. The molecule has 3 unspecified atom stereocenters. The molecule has 2 fully saturated rings. The minimum atomic E-state index is -0.424. The van der Waals surface area contributed by atoms with Gasteiger partial charge >= 0.3 is 5.82 Å². The zero-order valence-corrected chi connectivity index (χ0v) is 11.1. The molecule has 0 aromatic carbocycles. The Labute approximate surface area is 111 Å². The molecular weight excluding hydrogens is 248 g/mol. The molecule has 2 heterocycles. The molecular formula is C12H18N4O3. The van der Waals surface area contributed by atoms with Crippen LogP contribution in [0, 0.1) is 28.9 Å². The highest BCUT2D eigenvalue weighted by Crippen LogP contribution is 2.41. The molecule has 3 atom stereocenters. The Balaban J connectivity index is 1.94. The Kier molecular flexibility index (Phi) is 2.74. The van der Waals surface area contributed by atoms with Crippen molar-refractivity contribution < 1.29 is 10.0 Å². The summed E-state index contributed by atoms with van der Waals surface area (Å²) in [5.74, 6) is 1.83. The quantitative estimate of drug-likeness (QED) is 0.633. The molecule has 1 N–H and O–H groups in total. The maximum absolute atomic E-state index is 11.1. The van der Waals surface area contributed by atoms with Crippen LogP contribution in [0.25, 0.3) is 0 Å². The van der Waals surface area contributed by atoms with Gasteiger partial charge in [-0.3, -0.25) is 4.57 Å². The molecule has 104 valence electrons. The maximum Gasteiger partial charge on any atom is 0.406 e. The van der Waals surface area contributed by atoms with Crippen molar-refractivity contribution in [1.82, 2.24) is 9.55 Å². The summed E-state index contributed by atoms with van der Waals surface area (Å²) < 4.78 is 1.77. The third kappa shape index (κ3) is 1.80. The van der Waals surface area contributed by atoms with E-state index in [2.05, 4.69) is 4.98 Å². The first-order chi connectivity index (χ1) is 8.99. The van der Waals surface area contributed by atoms with Gasteiger partial charge < -0.3 is 20.1 Å². The Morgan fingerprint density at radius 3 is 2.79 bits per heavy atom. The van der Waals surface area contributed by atoms with E-state index in [1.54, 1.807) is 18.5 Å². The van der Waals surface area contributed by atoms with Crippen LogP contribution in [0.3, 0.4) is 0 Å². The first-order valence-electron chi connectivity index (χ1n) is 6.59. The maximum atomic E-state index is 11.1. The number of hydrogen-bond donors (Lipinski definition) is 1. The van der Waals surface area contributed by atoms with Crippen molar-refractivity contribution in [1.29, 1.82) is 0 Å². The van der Waals surface area contributed by atoms with E-state index < -0.39 is 4.92 Å². The second kappa shape index (κ2) is 4.19. The average Bonchev–Trinajstić information content (AvgIpc) is 2.97. The summed E-state index contributed by atoms with van der Waals surface area (Å²) in [7, 11) is 1.80.